The monoisotopic (exact) mass is 221 g/mol. The van der Waals surface area contributed by atoms with Crippen molar-refractivity contribution in [1.82, 2.24) is 5.32 Å². The zero-order valence-corrected chi connectivity index (χ0v) is 9.42. The highest BCUT2D eigenvalue weighted by atomic mass is 19.1. The van der Waals surface area contributed by atoms with E-state index in [9.17, 15) is 9.18 Å². The third kappa shape index (κ3) is 2.47. The number of ketones is 1. The van der Waals surface area contributed by atoms with Crippen molar-refractivity contribution in [2.75, 3.05) is 13.1 Å². The van der Waals surface area contributed by atoms with E-state index in [1.807, 2.05) is 6.92 Å². The number of Topliss-reactive ketones (excluding diaryl/α,β-unsaturated/α-hetero) is 1. The van der Waals surface area contributed by atoms with Crippen LogP contribution in [0.4, 0.5) is 4.39 Å². The van der Waals surface area contributed by atoms with Crippen LogP contribution in [0.5, 0.6) is 0 Å². The Labute approximate surface area is 94.9 Å². The Kier molecular flexibility index (Phi) is 3.34. The van der Waals surface area contributed by atoms with Gasteiger partial charge in [-0.25, -0.2) is 4.39 Å². The van der Waals surface area contributed by atoms with Crippen LogP contribution in [-0.4, -0.2) is 18.9 Å². The maximum Gasteiger partial charge on any atom is 0.138 e. The van der Waals surface area contributed by atoms with E-state index in [0.717, 1.165) is 30.6 Å². The minimum absolute atomic E-state index is 0.0536. The van der Waals surface area contributed by atoms with Crippen LogP contribution in [0, 0.1) is 18.7 Å². The molecule has 0 aliphatic carbocycles. The van der Waals surface area contributed by atoms with Crippen LogP contribution in [-0.2, 0) is 11.2 Å². The Balaban J connectivity index is 2.10. The number of nitrogens with one attached hydrogen (secondary N) is 1. The molecule has 0 bridgehead atoms. The van der Waals surface area contributed by atoms with Gasteiger partial charge < -0.3 is 5.32 Å². The standard InChI is InChI=1S/C13H16FNO/c1-9-6-12(14)3-2-10(9)7-11-8-15-5-4-13(11)16/h2-3,6,11,15H,4-5,7-8H2,1H3. The molecule has 1 unspecified atom stereocenters. The van der Waals surface area contributed by atoms with Gasteiger partial charge in [-0.1, -0.05) is 6.07 Å². The van der Waals surface area contributed by atoms with E-state index in [0.29, 0.717) is 12.2 Å². The van der Waals surface area contributed by atoms with Gasteiger partial charge in [0.1, 0.15) is 11.6 Å². The van der Waals surface area contributed by atoms with Gasteiger partial charge >= 0.3 is 0 Å². The van der Waals surface area contributed by atoms with Gasteiger partial charge in [0, 0.05) is 25.4 Å². The summed E-state index contributed by atoms with van der Waals surface area (Å²) in [7, 11) is 0. The molecule has 1 N–H and O–H groups in total. The van der Waals surface area contributed by atoms with E-state index in [-0.39, 0.29) is 11.7 Å². The molecule has 1 aromatic rings. The lowest BCUT2D eigenvalue weighted by Crippen LogP contribution is -2.38. The first-order chi connectivity index (χ1) is 7.66. The molecule has 1 heterocycles. The Morgan fingerprint density at radius 3 is 3.00 bits per heavy atom. The second-order valence-electron chi connectivity index (χ2n) is 4.39. The van der Waals surface area contributed by atoms with Crippen molar-refractivity contribution in [3.05, 3.63) is 35.1 Å². The second-order valence-corrected chi connectivity index (χ2v) is 4.39. The highest BCUT2D eigenvalue weighted by Gasteiger charge is 2.22. The average Bonchev–Trinajstić information content (AvgIpc) is 2.25. The van der Waals surface area contributed by atoms with Gasteiger partial charge in [-0.05, 0) is 36.6 Å². The fraction of sp³-hybridized carbons (Fsp3) is 0.462. The maximum atomic E-state index is 12.9. The summed E-state index contributed by atoms with van der Waals surface area (Å²) in [6, 6.07) is 4.77. The van der Waals surface area contributed by atoms with E-state index in [4.69, 9.17) is 0 Å². The van der Waals surface area contributed by atoms with Crippen LogP contribution in [0.15, 0.2) is 18.2 Å². The highest BCUT2D eigenvalue weighted by Crippen LogP contribution is 2.17. The Bertz CT molecular complexity index is 403. The van der Waals surface area contributed by atoms with E-state index in [1.54, 1.807) is 6.07 Å². The molecule has 0 amide bonds. The summed E-state index contributed by atoms with van der Waals surface area (Å²) < 4.78 is 12.9. The summed E-state index contributed by atoms with van der Waals surface area (Å²) in [5.74, 6) is 0.162. The van der Waals surface area contributed by atoms with Crippen LogP contribution in [0.2, 0.25) is 0 Å². The minimum Gasteiger partial charge on any atom is -0.316 e. The highest BCUT2D eigenvalue weighted by molar-refractivity contribution is 5.82. The summed E-state index contributed by atoms with van der Waals surface area (Å²) in [5, 5.41) is 3.22. The lowest BCUT2D eigenvalue weighted by Gasteiger charge is -2.22. The molecule has 0 radical (unpaired) electrons. The summed E-state index contributed by atoms with van der Waals surface area (Å²) in [6.07, 6.45) is 1.34. The van der Waals surface area contributed by atoms with Gasteiger partial charge in [0.25, 0.3) is 0 Å². The van der Waals surface area contributed by atoms with Gasteiger partial charge in [-0.15, -0.1) is 0 Å². The maximum absolute atomic E-state index is 12.9. The van der Waals surface area contributed by atoms with Crippen molar-refractivity contribution in [2.24, 2.45) is 5.92 Å². The molecule has 2 nitrogen and oxygen atoms in total. The predicted molar refractivity (Wildman–Crippen MR) is 60.8 cm³/mol. The molecule has 1 saturated heterocycles. The Morgan fingerprint density at radius 2 is 2.31 bits per heavy atom. The molecule has 0 spiro atoms. The molecule has 2 rings (SSSR count). The molecule has 1 aliphatic heterocycles. The molecule has 1 atom stereocenters. The first-order valence-corrected chi connectivity index (χ1v) is 5.65. The van der Waals surface area contributed by atoms with Crippen molar-refractivity contribution in [1.29, 1.82) is 0 Å². The molecule has 3 heteroatoms. The SMILES string of the molecule is Cc1cc(F)ccc1CC1CNCCC1=O. The minimum atomic E-state index is -0.214. The zero-order valence-electron chi connectivity index (χ0n) is 9.42. The molecule has 0 saturated carbocycles. The number of carbonyl (C=O) groups is 1. The normalized spacial score (nSPS) is 21.1. The number of hydrogen-bond acceptors (Lipinski definition) is 2. The number of hydrogen-bond donors (Lipinski definition) is 1. The lowest BCUT2D eigenvalue weighted by atomic mass is 9.89. The van der Waals surface area contributed by atoms with Crippen molar-refractivity contribution >= 4 is 5.78 Å². The zero-order chi connectivity index (χ0) is 11.5. The molecule has 86 valence electrons. The first-order valence-electron chi connectivity index (χ1n) is 5.65. The number of aryl methyl sites for hydroxylation is 1. The molecule has 1 fully saturated rings. The number of halogens is 1. The van der Waals surface area contributed by atoms with Gasteiger partial charge in [-0.3, -0.25) is 4.79 Å². The van der Waals surface area contributed by atoms with Gasteiger partial charge in [0.05, 0.1) is 0 Å². The lowest BCUT2D eigenvalue weighted by molar-refractivity contribution is -0.123. The van der Waals surface area contributed by atoms with E-state index >= 15 is 0 Å². The van der Waals surface area contributed by atoms with Crippen molar-refractivity contribution < 1.29 is 9.18 Å². The van der Waals surface area contributed by atoms with E-state index in [2.05, 4.69) is 5.32 Å². The summed E-state index contributed by atoms with van der Waals surface area (Å²) in [5.41, 5.74) is 2.00. The quantitative estimate of drug-likeness (QED) is 0.825. The predicted octanol–water partition coefficient (Wildman–Crippen LogP) is 1.86. The van der Waals surface area contributed by atoms with Crippen LogP contribution in [0.3, 0.4) is 0 Å². The topological polar surface area (TPSA) is 29.1 Å². The van der Waals surface area contributed by atoms with E-state index in [1.165, 1.54) is 12.1 Å². The molecule has 16 heavy (non-hydrogen) atoms. The Morgan fingerprint density at radius 1 is 1.50 bits per heavy atom. The van der Waals surface area contributed by atoms with Crippen LogP contribution in [0.1, 0.15) is 17.5 Å². The average molecular weight is 221 g/mol. The Hall–Kier alpha value is -1.22. The van der Waals surface area contributed by atoms with Crippen molar-refractivity contribution in [2.45, 2.75) is 19.8 Å². The number of carbonyl (C=O) groups excluding carboxylic acids is 1. The molecule has 1 aliphatic rings. The number of piperidine rings is 1. The molecular weight excluding hydrogens is 205 g/mol. The third-order valence-electron chi connectivity index (χ3n) is 3.17. The molecule has 1 aromatic carbocycles. The van der Waals surface area contributed by atoms with Crippen LogP contribution in [0.25, 0.3) is 0 Å². The second kappa shape index (κ2) is 4.74. The van der Waals surface area contributed by atoms with E-state index < -0.39 is 0 Å². The summed E-state index contributed by atoms with van der Waals surface area (Å²) >= 11 is 0. The fourth-order valence-electron chi connectivity index (χ4n) is 2.15. The van der Waals surface area contributed by atoms with Crippen molar-refractivity contribution in [3.63, 3.8) is 0 Å². The largest absolute Gasteiger partial charge is 0.316 e. The molecular formula is C13H16FNO. The number of rotatable bonds is 2. The third-order valence-corrected chi connectivity index (χ3v) is 3.17. The fourth-order valence-corrected chi connectivity index (χ4v) is 2.15. The van der Waals surface area contributed by atoms with Gasteiger partial charge in [-0.2, -0.15) is 0 Å². The van der Waals surface area contributed by atoms with Gasteiger partial charge in [0.15, 0.2) is 0 Å². The van der Waals surface area contributed by atoms with Crippen LogP contribution >= 0.6 is 0 Å². The van der Waals surface area contributed by atoms with Crippen molar-refractivity contribution in [3.8, 4) is 0 Å². The van der Waals surface area contributed by atoms with Gasteiger partial charge in [0.2, 0.25) is 0 Å². The summed E-state index contributed by atoms with van der Waals surface area (Å²) in [6.45, 7) is 3.42. The van der Waals surface area contributed by atoms with Crippen LogP contribution < -0.4 is 5.32 Å². The summed E-state index contributed by atoms with van der Waals surface area (Å²) in [4.78, 5) is 11.7. The molecule has 0 aromatic heterocycles. The first kappa shape index (κ1) is 11.3. The smallest absolute Gasteiger partial charge is 0.138 e. The number of benzene rings is 1.